The predicted molar refractivity (Wildman–Crippen MR) is 59.8 cm³/mol. The van der Waals surface area contributed by atoms with E-state index in [9.17, 15) is 23.1 Å². The summed E-state index contributed by atoms with van der Waals surface area (Å²) in [5, 5.41) is 9.62. The van der Waals surface area contributed by atoms with Crippen molar-refractivity contribution in [2.24, 2.45) is 5.73 Å². The first kappa shape index (κ1) is 14.8. The summed E-state index contributed by atoms with van der Waals surface area (Å²) >= 11 is 2.86. The van der Waals surface area contributed by atoms with E-state index in [1.54, 1.807) is 0 Å². The molecule has 0 spiro atoms. The van der Waals surface area contributed by atoms with Gasteiger partial charge in [0.05, 0.1) is 17.1 Å². The molecule has 1 aromatic carbocycles. The Balaban J connectivity index is 3.48. The zero-order valence-electron chi connectivity index (χ0n) is 9.08. The minimum absolute atomic E-state index is 0.00449. The third-order valence-electron chi connectivity index (χ3n) is 2.24. The first-order valence-corrected chi connectivity index (χ1v) is 5.41. The minimum Gasteiger partial charge on any atom is -0.506 e. The molecule has 1 aromatic rings. The molecule has 0 aliphatic heterocycles. The number of carbonyl (C=O) groups excluding carboxylic acids is 1. The second-order valence-corrected chi connectivity index (χ2v) is 4.21. The molecule has 0 fully saturated rings. The summed E-state index contributed by atoms with van der Waals surface area (Å²) in [6.07, 6.45) is -4.74. The Bertz CT molecular complexity index is 476. The summed E-state index contributed by atoms with van der Waals surface area (Å²) in [5.74, 6) is -1.81. The van der Waals surface area contributed by atoms with Gasteiger partial charge in [-0.1, -0.05) is 0 Å². The van der Waals surface area contributed by atoms with Gasteiger partial charge in [-0.2, -0.15) is 13.2 Å². The molecule has 0 aromatic heterocycles. The van der Waals surface area contributed by atoms with Crippen LogP contribution >= 0.6 is 15.9 Å². The zero-order chi connectivity index (χ0) is 14.1. The number of ether oxygens (including phenoxy) is 1. The van der Waals surface area contributed by atoms with Crippen LogP contribution < -0.4 is 5.73 Å². The summed E-state index contributed by atoms with van der Waals surface area (Å²) in [7, 11) is 0.991. The number of rotatable bonds is 2. The number of hydrogen-bond donors (Lipinski definition) is 2. The van der Waals surface area contributed by atoms with E-state index in [1.807, 2.05) is 0 Å². The number of aromatic hydroxyl groups is 1. The van der Waals surface area contributed by atoms with E-state index in [4.69, 9.17) is 5.73 Å². The monoisotopic (exact) mass is 327 g/mol. The molecule has 8 heteroatoms. The summed E-state index contributed by atoms with van der Waals surface area (Å²) in [6.45, 7) is 0. The van der Waals surface area contributed by atoms with Crippen molar-refractivity contribution in [1.82, 2.24) is 0 Å². The molecule has 1 rings (SSSR count). The van der Waals surface area contributed by atoms with Gasteiger partial charge in [0.15, 0.2) is 0 Å². The highest BCUT2D eigenvalue weighted by Gasteiger charge is 2.38. The standard InChI is InChI=1S/C10H9BrF3NO3/c1-18-9(17)7(15)6-4(10(12,13)14)2-3-5(11)8(6)16/h2-3,7,16H,15H2,1H3/t7-/m0/s1. The number of halogens is 4. The van der Waals surface area contributed by atoms with E-state index < -0.39 is 35.1 Å². The average molecular weight is 328 g/mol. The third-order valence-corrected chi connectivity index (χ3v) is 2.88. The lowest BCUT2D eigenvalue weighted by Crippen LogP contribution is -2.26. The van der Waals surface area contributed by atoms with E-state index in [0.29, 0.717) is 0 Å². The van der Waals surface area contributed by atoms with Crippen LogP contribution in [0.15, 0.2) is 16.6 Å². The summed E-state index contributed by atoms with van der Waals surface area (Å²) in [6, 6.07) is 0.0252. The normalized spacial score (nSPS) is 13.2. The van der Waals surface area contributed by atoms with Crippen LogP contribution in [0.5, 0.6) is 5.75 Å². The molecular formula is C10H9BrF3NO3. The van der Waals surface area contributed by atoms with Crippen LogP contribution in [0.4, 0.5) is 13.2 Å². The van der Waals surface area contributed by atoms with Gasteiger partial charge in [-0.15, -0.1) is 0 Å². The molecule has 0 aliphatic rings. The van der Waals surface area contributed by atoms with Crippen LogP contribution in [-0.2, 0) is 15.7 Å². The number of carbonyl (C=O) groups is 1. The Kier molecular flexibility index (Phi) is 4.23. The van der Waals surface area contributed by atoms with E-state index >= 15 is 0 Å². The maximum absolute atomic E-state index is 12.8. The van der Waals surface area contributed by atoms with Crippen molar-refractivity contribution in [2.45, 2.75) is 12.2 Å². The van der Waals surface area contributed by atoms with Crippen molar-refractivity contribution in [3.8, 4) is 5.75 Å². The highest BCUT2D eigenvalue weighted by atomic mass is 79.9. The third kappa shape index (κ3) is 2.75. The minimum atomic E-state index is -4.74. The average Bonchev–Trinajstić information content (AvgIpc) is 2.29. The Labute approximate surface area is 109 Å². The Morgan fingerprint density at radius 1 is 1.50 bits per heavy atom. The maximum Gasteiger partial charge on any atom is 0.416 e. The van der Waals surface area contributed by atoms with Crippen molar-refractivity contribution in [2.75, 3.05) is 7.11 Å². The van der Waals surface area contributed by atoms with Crippen LogP contribution in [0.2, 0.25) is 0 Å². The van der Waals surface area contributed by atoms with Gasteiger partial charge in [-0.3, -0.25) is 4.79 Å². The molecule has 1 atom stereocenters. The zero-order valence-corrected chi connectivity index (χ0v) is 10.7. The van der Waals surface area contributed by atoms with Gasteiger partial charge in [-0.05, 0) is 28.1 Å². The molecule has 0 aliphatic carbocycles. The topological polar surface area (TPSA) is 72.5 Å². The number of methoxy groups -OCH3 is 1. The summed E-state index contributed by atoms with van der Waals surface area (Å²) in [5.41, 5.74) is 3.46. The number of esters is 1. The van der Waals surface area contributed by atoms with Crippen LogP contribution in [0, 0.1) is 0 Å². The largest absolute Gasteiger partial charge is 0.506 e. The lowest BCUT2D eigenvalue weighted by molar-refractivity contribution is -0.144. The summed E-state index contributed by atoms with van der Waals surface area (Å²) < 4.78 is 42.5. The van der Waals surface area contributed by atoms with E-state index in [-0.39, 0.29) is 4.47 Å². The number of benzene rings is 1. The molecule has 3 N–H and O–H groups in total. The van der Waals surface area contributed by atoms with Gasteiger partial charge in [0.25, 0.3) is 0 Å². The number of nitrogens with two attached hydrogens (primary N) is 1. The van der Waals surface area contributed by atoms with E-state index in [2.05, 4.69) is 20.7 Å². The van der Waals surface area contributed by atoms with Gasteiger partial charge >= 0.3 is 12.1 Å². The van der Waals surface area contributed by atoms with Crippen molar-refractivity contribution >= 4 is 21.9 Å². The smallest absolute Gasteiger partial charge is 0.416 e. The fourth-order valence-electron chi connectivity index (χ4n) is 1.39. The lowest BCUT2D eigenvalue weighted by Gasteiger charge is -2.18. The van der Waals surface area contributed by atoms with Gasteiger partial charge in [-0.25, -0.2) is 0 Å². The first-order chi connectivity index (χ1) is 8.20. The molecule has 0 saturated heterocycles. The lowest BCUT2D eigenvalue weighted by atomic mass is 9.99. The maximum atomic E-state index is 12.8. The molecule has 4 nitrogen and oxygen atoms in total. The van der Waals surface area contributed by atoms with Gasteiger partial charge in [0, 0.05) is 5.56 Å². The fourth-order valence-corrected chi connectivity index (χ4v) is 1.73. The number of alkyl halides is 3. The summed E-state index contributed by atoms with van der Waals surface area (Å²) in [4.78, 5) is 11.2. The Morgan fingerprint density at radius 3 is 2.50 bits per heavy atom. The molecular weight excluding hydrogens is 319 g/mol. The molecule has 0 amide bonds. The molecule has 0 unspecified atom stereocenters. The van der Waals surface area contributed by atoms with Crippen molar-refractivity contribution in [3.63, 3.8) is 0 Å². The van der Waals surface area contributed by atoms with E-state index in [1.165, 1.54) is 0 Å². The second-order valence-electron chi connectivity index (χ2n) is 3.36. The van der Waals surface area contributed by atoms with Crippen molar-refractivity contribution < 1.29 is 27.8 Å². The van der Waals surface area contributed by atoms with Crippen LogP contribution in [0.25, 0.3) is 0 Å². The van der Waals surface area contributed by atoms with Crippen LogP contribution in [0.1, 0.15) is 17.2 Å². The Morgan fingerprint density at radius 2 is 2.06 bits per heavy atom. The van der Waals surface area contributed by atoms with Gasteiger partial charge in [0.2, 0.25) is 0 Å². The van der Waals surface area contributed by atoms with Crippen molar-refractivity contribution in [1.29, 1.82) is 0 Å². The molecule has 0 bridgehead atoms. The van der Waals surface area contributed by atoms with Gasteiger partial charge in [0.1, 0.15) is 11.8 Å². The fraction of sp³-hybridized carbons (Fsp3) is 0.300. The van der Waals surface area contributed by atoms with Crippen LogP contribution in [0.3, 0.4) is 0 Å². The van der Waals surface area contributed by atoms with Crippen LogP contribution in [-0.4, -0.2) is 18.2 Å². The molecule has 18 heavy (non-hydrogen) atoms. The highest BCUT2D eigenvalue weighted by Crippen LogP contribution is 2.41. The Hall–Kier alpha value is -1.28. The molecule has 100 valence electrons. The predicted octanol–water partition coefficient (Wildman–Crippen LogP) is 2.35. The van der Waals surface area contributed by atoms with E-state index in [0.717, 1.165) is 19.2 Å². The number of hydrogen-bond acceptors (Lipinski definition) is 4. The molecule has 0 heterocycles. The first-order valence-electron chi connectivity index (χ1n) is 4.62. The number of phenolic OH excluding ortho intramolecular Hbond substituents is 1. The van der Waals surface area contributed by atoms with Gasteiger partial charge < -0.3 is 15.6 Å². The quantitative estimate of drug-likeness (QED) is 0.818. The molecule has 0 radical (unpaired) electrons. The molecule has 0 saturated carbocycles. The number of phenols is 1. The van der Waals surface area contributed by atoms with Crippen molar-refractivity contribution in [3.05, 3.63) is 27.7 Å². The second kappa shape index (κ2) is 5.15. The SMILES string of the molecule is COC(=O)[C@@H](N)c1c(C(F)(F)F)ccc(Br)c1O. The highest BCUT2D eigenvalue weighted by molar-refractivity contribution is 9.10.